The molecule has 0 spiro atoms. The van der Waals surface area contributed by atoms with E-state index in [-0.39, 0.29) is 11.3 Å². The molecule has 1 aromatic rings. The number of halogens is 3. The number of rotatable bonds is 5. The summed E-state index contributed by atoms with van der Waals surface area (Å²) in [4.78, 5) is 0. The van der Waals surface area contributed by atoms with Crippen LogP contribution < -0.4 is 15.4 Å². The Bertz CT molecular complexity index is 400. The van der Waals surface area contributed by atoms with Crippen molar-refractivity contribution in [2.45, 2.75) is 32.7 Å². The molecule has 1 aromatic carbocycles. The van der Waals surface area contributed by atoms with E-state index in [0.29, 0.717) is 18.8 Å². The van der Waals surface area contributed by atoms with Gasteiger partial charge in [0.25, 0.3) is 0 Å². The maximum atomic E-state index is 12.2. The molecule has 0 aliphatic rings. The molecule has 0 heterocycles. The lowest BCUT2D eigenvalue weighted by molar-refractivity contribution is -0.274. The van der Waals surface area contributed by atoms with Gasteiger partial charge in [-0.2, -0.15) is 0 Å². The van der Waals surface area contributed by atoms with Crippen LogP contribution in [0, 0.1) is 0 Å². The Labute approximate surface area is 111 Å². The van der Waals surface area contributed by atoms with Crippen molar-refractivity contribution in [1.82, 2.24) is 5.32 Å². The van der Waals surface area contributed by atoms with Crippen LogP contribution in [-0.2, 0) is 0 Å². The normalized spacial score (nSPS) is 12.3. The van der Waals surface area contributed by atoms with Crippen LogP contribution in [-0.4, -0.2) is 25.0 Å². The maximum absolute atomic E-state index is 12.2. The number of benzene rings is 1. The fourth-order valence-electron chi connectivity index (χ4n) is 1.46. The summed E-state index contributed by atoms with van der Waals surface area (Å²) >= 11 is 0. The van der Waals surface area contributed by atoms with E-state index < -0.39 is 6.36 Å². The molecule has 0 radical (unpaired) electrons. The molecule has 0 aromatic heterocycles. The van der Waals surface area contributed by atoms with E-state index in [1.807, 2.05) is 20.8 Å². The molecule has 0 aliphatic heterocycles. The Kier molecular flexibility index (Phi) is 5.05. The topological polar surface area (TPSA) is 33.3 Å². The van der Waals surface area contributed by atoms with Crippen molar-refractivity contribution in [3.05, 3.63) is 24.3 Å². The molecule has 0 saturated heterocycles. The fraction of sp³-hybridized carbons (Fsp3) is 0.538. The number of ether oxygens (including phenoxy) is 1. The van der Waals surface area contributed by atoms with Gasteiger partial charge in [-0.25, -0.2) is 0 Å². The molecule has 0 amide bonds. The first-order valence-electron chi connectivity index (χ1n) is 6.01. The summed E-state index contributed by atoms with van der Waals surface area (Å²) in [6.45, 7) is 7.22. The molecule has 0 aliphatic carbocycles. The van der Waals surface area contributed by atoms with Gasteiger partial charge >= 0.3 is 6.36 Å². The highest BCUT2D eigenvalue weighted by Crippen LogP contribution is 2.29. The van der Waals surface area contributed by atoms with Crippen molar-refractivity contribution in [3.8, 4) is 5.75 Å². The van der Waals surface area contributed by atoms with Crippen LogP contribution in [0.15, 0.2) is 24.3 Å². The molecule has 2 N–H and O–H groups in total. The van der Waals surface area contributed by atoms with E-state index >= 15 is 0 Å². The van der Waals surface area contributed by atoms with Gasteiger partial charge in [-0.05, 0) is 32.9 Å². The van der Waals surface area contributed by atoms with Gasteiger partial charge < -0.3 is 15.4 Å². The summed E-state index contributed by atoms with van der Waals surface area (Å²) < 4.78 is 40.6. The molecule has 0 atom stereocenters. The summed E-state index contributed by atoms with van der Waals surface area (Å²) in [7, 11) is 0. The second kappa shape index (κ2) is 6.14. The van der Waals surface area contributed by atoms with Gasteiger partial charge in [0.1, 0.15) is 0 Å². The van der Waals surface area contributed by atoms with Crippen molar-refractivity contribution in [2.24, 2.45) is 0 Å². The number of nitrogens with one attached hydrogen (secondary N) is 2. The minimum absolute atomic E-state index is 0.0241. The monoisotopic (exact) mass is 276 g/mol. The van der Waals surface area contributed by atoms with Gasteiger partial charge in [0, 0.05) is 18.6 Å². The van der Waals surface area contributed by atoms with Crippen LogP contribution in [0.25, 0.3) is 0 Å². The lowest BCUT2D eigenvalue weighted by Gasteiger charge is -2.21. The number of para-hydroxylation sites is 2. The van der Waals surface area contributed by atoms with E-state index in [0.717, 1.165) is 0 Å². The summed E-state index contributed by atoms with van der Waals surface area (Å²) in [5.41, 5.74) is 0.305. The minimum Gasteiger partial charge on any atom is -0.404 e. The molecule has 3 nitrogen and oxygen atoms in total. The Morgan fingerprint density at radius 1 is 1.05 bits per heavy atom. The summed E-state index contributed by atoms with van der Waals surface area (Å²) in [6, 6.07) is 5.99. The first-order chi connectivity index (χ1) is 8.67. The van der Waals surface area contributed by atoms with Crippen LogP contribution in [0.4, 0.5) is 18.9 Å². The lowest BCUT2D eigenvalue weighted by Crippen LogP contribution is -2.38. The van der Waals surface area contributed by atoms with Crippen LogP contribution in [0.5, 0.6) is 5.75 Å². The predicted molar refractivity (Wildman–Crippen MR) is 69.4 cm³/mol. The molecule has 108 valence electrons. The van der Waals surface area contributed by atoms with E-state index in [2.05, 4.69) is 15.4 Å². The lowest BCUT2D eigenvalue weighted by atomic mass is 10.1. The standard InChI is InChI=1S/C13H19F3N2O/c1-12(2,3)18-9-8-17-10-6-4-5-7-11(10)19-13(14,15)16/h4-7,17-18H,8-9H2,1-3H3. The minimum atomic E-state index is -4.68. The van der Waals surface area contributed by atoms with Gasteiger partial charge in [-0.3, -0.25) is 0 Å². The van der Waals surface area contributed by atoms with E-state index in [1.54, 1.807) is 12.1 Å². The Hall–Kier alpha value is -1.43. The summed E-state index contributed by atoms with van der Waals surface area (Å²) in [5, 5.41) is 6.16. The highest BCUT2D eigenvalue weighted by molar-refractivity contribution is 5.56. The van der Waals surface area contributed by atoms with Gasteiger partial charge in [0.15, 0.2) is 5.75 Å². The molecular formula is C13H19F3N2O. The molecule has 1 rings (SSSR count). The SMILES string of the molecule is CC(C)(C)NCCNc1ccccc1OC(F)(F)F. The van der Waals surface area contributed by atoms with Crippen LogP contribution >= 0.6 is 0 Å². The zero-order valence-electron chi connectivity index (χ0n) is 11.3. The second-order valence-corrected chi connectivity index (χ2v) is 5.15. The van der Waals surface area contributed by atoms with E-state index in [4.69, 9.17) is 0 Å². The van der Waals surface area contributed by atoms with Crippen LogP contribution in [0.2, 0.25) is 0 Å². The average molecular weight is 276 g/mol. The van der Waals surface area contributed by atoms with Crippen molar-refractivity contribution in [1.29, 1.82) is 0 Å². The molecule has 0 fully saturated rings. The van der Waals surface area contributed by atoms with E-state index in [9.17, 15) is 13.2 Å². The summed E-state index contributed by atoms with van der Waals surface area (Å²) in [5.74, 6) is -0.217. The quantitative estimate of drug-likeness (QED) is 0.809. The predicted octanol–water partition coefficient (Wildman–Crippen LogP) is 3.39. The second-order valence-electron chi connectivity index (χ2n) is 5.15. The average Bonchev–Trinajstić information content (AvgIpc) is 2.23. The molecule has 0 unspecified atom stereocenters. The largest absolute Gasteiger partial charge is 0.573 e. The first-order valence-corrected chi connectivity index (χ1v) is 6.01. The zero-order chi connectivity index (χ0) is 14.5. The van der Waals surface area contributed by atoms with Crippen molar-refractivity contribution in [2.75, 3.05) is 18.4 Å². The molecular weight excluding hydrogens is 257 g/mol. The number of hydrogen-bond acceptors (Lipinski definition) is 3. The Morgan fingerprint density at radius 2 is 1.68 bits per heavy atom. The molecule has 0 saturated carbocycles. The third kappa shape index (κ3) is 6.91. The highest BCUT2D eigenvalue weighted by Gasteiger charge is 2.32. The highest BCUT2D eigenvalue weighted by atomic mass is 19.4. The van der Waals surface area contributed by atoms with Gasteiger partial charge in [-0.15, -0.1) is 13.2 Å². The van der Waals surface area contributed by atoms with Crippen LogP contribution in [0.1, 0.15) is 20.8 Å². The Morgan fingerprint density at radius 3 is 2.26 bits per heavy atom. The first kappa shape index (κ1) is 15.6. The molecule has 19 heavy (non-hydrogen) atoms. The Balaban J connectivity index is 2.54. The molecule has 0 bridgehead atoms. The summed E-state index contributed by atoms with van der Waals surface area (Å²) in [6.07, 6.45) is -4.68. The zero-order valence-corrected chi connectivity index (χ0v) is 11.3. The van der Waals surface area contributed by atoms with E-state index in [1.165, 1.54) is 12.1 Å². The van der Waals surface area contributed by atoms with Crippen molar-refractivity contribution in [3.63, 3.8) is 0 Å². The van der Waals surface area contributed by atoms with Crippen molar-refractivity contribution < 1.29 is 17.9 Å². The third-order valence-corrected chi connectivity index (χ3v) is 2.21. The number of alkyl halides is 3. The fourth-order valence-corrected chi connectivity index (χ4v) is 1.46. The maximum Gasteiger partial charge on any atom is 0.573 e. The van der Waals surface area contributed by atoms with Gasteiger partial charge in [-0.1, -0.05) is 12.1 Å². The van der Waals surface area contributed by atoms with Gasteiger partial charge in [0.2, 0.25) is 0 Å². The van der Waals surface area contributed by atoms with Gasteiger partial charge in [0.05, 0.1) is 5.69 Å². The third-order valence-electron chi connectivity index (χ3n) is 2.21. The number of anilines is 1. The number of hydrogen-bond donors (Lipinski definition) is 2. The van der Waals surface area contributed by atoms with Crippen LogP contribution in [0.3, 0.4) is 0 Å². The molecule has 6 heteroatoms. The smallest absolute Gasteiger partial charge is 0.404 e. The van der Waals surface area contributed by atoms with Crippen molar-refractivity contribution >= 4 is 5.69 Å².